The van der Waals surface area contributed by atoms with Crippen molar-refractivity contribution in [3.8, 4) is 0 Å². The molecule has 0 fully saturated rings. The molecule has 0 saturated carbocycles. The van der Waals surface area contributed by atoms with Gasteiger partial charge in [0.1, 0.15) is 13.2 Å². The first-order valence-corrected chi connectivity index (χ1v) is 24.9. The van der Waals surface area contributed by atoms with Crippen molar-refractivity contribution < 1.29 is 28.6 Å². The van der Waals surface area contributed by atoms with Gasteiger partial charge in [-0.3, -0.25) is 14.4 Å². The highest BCUT2D eigenvalue weighted by Crippen LogP contribution is 2.17. The van der Waals surface area contributed by atoms with Crippen LogP contribution in [-0.4, -0.2) is 37.2 Å². The molecule has 0 rings (SSSR count). The van der Waals surface area contributed by atoms with E-state index in [0.717, 1.165) is 63.7 Å². The van der Waals surface area contributed by atoms with E-state index in [1.807, 2.05) is 0 Å². The summed E-state index contributed by atoms with van der Waals surface area (Å²) in [5.74, 6) is -0.0411. The predicted molar refractivity (Wildman–Crippen MR) is 238 cm³/mol. The SMILES string of the molecule is CCCCCCCCCCCCCCCCCCC(=O)OC[C@@H](COC(=O)CCCCCCCCCCCCCC)OC(=O)CCCCCCCCC(C)CC. The quantitative estimate of drug-likeness (QED) is 0.0347. The third-order valence-electron chi connectivity index (χ3n) is 11.7. The van der Waals surface area contributed by atoms with Gasteiger partial charge in [-0.2, -0.15) is 0 Å². The van der Waals surface area contributed by atoms with Gasteiger partial charge in [-0.1, -0.05) is 240 Å². The maximum Gasteiger partial charge on any atom is 0.306 e. The third-order valence-corrected chi connectivity index (χ3v) is 11.7. The smallest absolute Gasteiger partial charge is 0.306 e. The Morgan fingerprint density at radius 2 is 0.625 bits per heavy atom. The van der Waals surface area contributed by atoms with Crippen molar-refractivity contribution in [2.75, 3.05) is 13.2 Å². The van der Waals surface area contributed by atoms with Gasteiger partial charge < -0.3 is 14.2 Å². The number of hydrogen-bond acceptors (Lipinski definition) is 6. The summed E-state index contributed by atoms with van der Waals surface area (Å²) in [4.78, 5) is 37.8. The fourth-order valence-corrected chi connectivity index (χ4v) is 7.48. The maximum atomic E-state index is 12.7. The molecule has 56 heavy (non-hydrogen) atoms. The van der Waals surface area contributed by atoms with Gasteiger partial charge in [0.25, 0.3) is 0 Å². The molecule has 1 unspecified atom stereocenters. The molecule has 0 heterocycles. The largest absolute Gasteiger partial charge is 0.462 e. The summed E-state index contributed by atoms with van der Waals surface area (Å²) in [5.41, 5.74) is 0. The van der Waals surface area contributed by atoms with E-state index >= 15 is 0 Å². The summed E-state index contributed by atoms with van der Waals surface area (Å²) in [6.45, 7) is 8.99. The van der Waals surface area contributed by atoms with E-state index in [2.05, 4.69) is 27.7 Å². The van der Waals surface area contributed by atoms with Crippen LogP contribution in [0.2, 0.25) is 0 Å². The molecule has 6 heteroatoms. The van der Waals surface area contributed by atoms with Crippen molar-refractivity contribution >= 4 is 17.9 Å². The van der Waals surface area contributed by atoms with Gasteiger partial charge in [-0.05, 0) is 25.2 Å². The number of esters is 3. The van der Waals surface area contributed by atoms with Crippen LogP contribution in [0.5, 0.6) is 0 Å². The third kappa shape index (κ3) is 42.0. The number of unbranched alkanes of at least 4 members (excludes halogenated alkanes) is 31. The molecule has 0 aromatic carbocycles. The fourth-order valence-electron chi connectivity index (χ4n) is 7.48. The Kier molecular flexibility index (Phi) is 43.2. The molecule has 6 nitrogen and oxygen atoms in total. The highest BCUT2D eigenvalue weighted by atomic mass is 16.6. The number of rotatable bonds is 45. The van der Waals surface area contributed by atoms with Crippen LogP contribution in [0, 0.1) is 5.92 Å². The zero-order valence-corrected chi connectivity index (χ0v) is 38.1. The number of hydrogen-bond donors (Lipinski definition) is 0. The van der Waals surface area contributed by atoms with Crippen molar-refractivity contribution in [3.63, 3.8) is 0 Å². The number of carbonyl (C=O) groups excluding carboxylic acids is 3. The molecular formula is C50H96O6. The number of carbonyl (C=O) groups is 3. The predicted octanol–water partition coefficient (Wildman–Crippen LogP) is 15.9. The van der Waals surface area contributed by atoms with Gasteiger partial charge >= 0.3 is 17.9 Å². The normalized spacial score (nSPS) is 12.4. The molecule has 0 N–H and O–H groups in total. The van der Waals surface area contributed by atoms with Crippen LogP contribution in [-0.2, 0) is 28.6 Å². The lowest BCUT2D eigenvalue weighted by Crippen LogP contribution is -2.30. The van der Waals surface area contributed by atoms with Gasteiger partial charge in [-0.15, -0.1) is 0 Å². The molecule has 0 aromatic rings. The zero-order chi connectivity index (χ0) is 41.0. The molecule has 0 aliphatic carbocycles. The van der Waals surface area contributed by atoms with Gasteiger partial charge in [0.15, 0.2) is 6.10 Å². The maximum absolute atomic E-state index is 12.7. The molecule has 0 radical (unpaired) electrons. The lowest BCUT2D eigenvalue weighted by molar-refractivity contribution is -0.167. The highest BCUT2D eigenvalue weighted by molar-refractivity contribution is 5.71. The zero-order valence-electron chi connectivity index (χ0n) is 38.1. The molecule has 0 aliphatic rings. The average Bonchev–Trinajstić information content (AvgIpc) is 3.19. The molecule has 0 aromatic heterocycles. The van der Waals surface area contributed by atoms with E-state index in [-0.39, 0.29) is 31.1 Å². The fraction of sp³-hybridized carbons (Fsp3) is 0.940. The van der Waals surface area contributed by atoms with Crippen molar-refractivity contribution in [2.45, 2.75) is 284 Å². The van der Waals surface area contributed by atoms with Crippen LogP contribution in [0.15, 0.2) is 0 Å². The van der Waals surface area contributed by atoms with Crippen molar-refractivity contribution in [1.82, 2.24) is 0 Å². The standard InChI is InChI=1S/C50H96O6/c1-5-8-10-12-14-16-18-20-21-22-23-25-27-29-34-38-42-49(52)55-45-47(56-50(53)43-39-35-31-30-32-36-40-46(4)7-3)44-54-48(51)41-37-33-28-26-24-19-17-15-13-11-9-6-2/h46-47H,5-45H2,1-4H3/t46?,47-/m1/s1. The van der Waals surface area contributed by atoms with Crippen LogP contribution >= 0.6 is 0 Å². The summed E-state index contributed by atoms with van der Waals surface area (Å²) in [7, 11) is 0. The van der Waals surface area contributed by atoms with Crippen LogP contribution in [0.3, 0.4) is 0 Å². The van der Waals surface area contributed by atoms with Gasteiger partial charge in [0.05, 0.1) is 0 Å². The Balaban J connectivity index is 4.28. The van der Waals surface area contributed by atoms with Gasteiger partial charge in [-0.25, -0.2) is 0 Å². The molecule has 0 aliphatic heterocycles. The Morgan fingerprint density at radius 1 is 0.357 bits per heavy atom. The van der Waals surface area contributed by atoms with Gasteiger partial charge in [0, 0.05) is 19.3 Å². The molecular weight excluding hydrogens is 697 g/mol. The molecule has 0 amide bonds. The average molecular weight is 793 g/mol. The molecule has 0 saturated heterocycles. The van der Waals surface area contributed by atoms with Crippen molar-refractivity contribution in [1.29, 1.82) is 0 Å². The molecule has 0 bridgehead atoms. The van der Waals surface area contributed by atoms with Crippen LogP contribution in [0.4, 0.5) is 0 Å². The summed E-state index contributed by atoms with van der Waals surface area (Å²) < 4.78 is 16.8. The van der Waals surface area contributed by atoms with E-state index < -0.39 is 6.10 Å². The van der Waals surface area contributed by atoms with E-state index in [4.69, 9.17) is 14.2 Å². The van der Waals surface area contributed by atoms with Crippen LogP contribution in [0.25, 0.3) is 0 Å². The molecule has 0 spiro atoms. The highest BCUT2D eigenvalue weighted by Gasteiger charge is 2.19. The first kappa shape index (κ1) is 54.4. The van der Waals surface area contributed by atoms with E-state index in [0.29, 0.717) is 19.3 Å². The Morgan fingerprint density at radius 3 is 0.929 bits per heavy atom. The summed E-state index contributed by atoms with van der Waals surface area (Å²) in [6, 6.07) is 0. The minimum Gasteiger partial charge on any atom is -0.462 e. The molecule has 2 atom stereocenters. The van der Waals surface area contributed by atoms with E-state index in [1.165, 1.54) is 173 Å². The number of ether oxygens (including phenoxy) is 3. The lowest BCUT2D eigenvalue weighted by atomic mass is 10.00. The first-order valence-electron chi connectivity index (χ1n) is 24.9. The van der Waals surface area contributed by atoms with Crippen LogP contribution in [0.1, 0.15) is 278 Å². The summed E-state index contributed by atoms with van der Waals surface area (Å²) in [6.07, 6.45) is 45.2. The Bertz CT molecular complexity index is 843. The Labute approximate surface area is 348 Å². The lowest BCUT2D eigenvalue weighted by Gasteiger charge is -2.18. The minimum absolute atomic E-state index is 0.0640. The summed E-state index contributed by atoms with van der Waals surface area (Å²) in [5, 5.41) is 0. The van der Waals surface area contributed by atoms with Crippen LogP contribution < -0.4 is 0 Å². The van der Waals surface area contributed by atoms with Crippen molar-refractivity contribution in [3.05, 3.63) is 0 Å². The van der Waals surface area contributed by atoms with E-state index in [1.54, 1.807) is 0 Å². The first-order chi connectivity index (χ1) is 27.4. The second kappa shape index (κ2) is 44.5. The Hall–Kier alpha value is -1.59. The topological polar surface area (TPSA) is 78.9 Å². The van der Waals surface area contributed by atoms with Gasteiger partial charge in [0.2, 0.25) is 0 Å². The summed E-state index contributed by atoms with van der Waals surface area (Å²) >= 11 is 0. The second-order valence-corrected chi connectivity index (χ2v) is 17.3. The van der Waals surface area contributed by atoms with E-state index in [9.17, 15) is 14.4 Å². The monoisotopic (exact) mass is 793 g/mol. The second-order valence-electron chi connectivity index (χ2n) is 17.3. The molecule has 332 valence electrons. The van der Waals surface area contributed by atoms with Crippen molar-refractivity contribution in [2.24, 2.45) is 5.92 Å². The minimum atomic E-state index is -0.760.